The fraction of sp³-hybridized carbons (Fsp3) is 0.562. The molecule has 1 amide bonds. The van der Waals surface area contributed by atoms with Gasteiger partial charge in [-0.2, -0.15) is 0 Å². The molecular formula is C16H22N2O4. The summed E-state index contributed by atoms with van der Waals surface area (Å²) in [5.74, 6) is -0.0862. The maximum atomic E-state index is 12.4. The van der Waals surface area contributed by atoms with Gasteiger partial charge in [-0.15, -0.1) is 0 Å². The summed E-state index contributed by atoms with van der Waals surface area (Å²) in [5, 5.41) is 20.5. The summed E-state index contributed by atoms with van der Waals surface area (Å²) in [6.07, 6.45) is 2.51. The first kappa shape index (κ1) is 16.4. The molecule has 0 aromatic heterocycles. The zero-order valence-electron chi connectivity index (χ0n) is 12.8. The van der Waals surface area contributed by atoms with E-state index in [1.54, 1.807) is 23.1 Å². The molecule has 2 rings (SSSR count). The molecule has 22 heavy (non-hydrogen) atoms. The van der Waals surface area contributed by atoms with Crippen molar-refractivity contribution in [2.75, 3.05) is 19.7 Å². The second-order valence-electron chi connectivity index (χ2n) is 5.96. The molecule has 0 spiro atoms. The number of amides is 1. The fourth-order valence-electron chi connectivity index (χ4n) is 2.97. The van der Waals surface area contributed by atoms with E-state index in [4.69, 9.17) is 0 Å². The van der Waals surface area contributed by atoms with Crippen LogP contribution in [0.4, 0.5) is 5.69 Å². The smallest absolute Gasteiger partial charge is 0.273 e. The second-order valence-corrected chi connectivity index (χ2v) is 5.96. The standard InChI is InChI=1S/C16H22N2O4/c1-2-16(12-19)7-9-17(10-8-16)15(20)11-13-5-3-4-6-14(13)18(21)22/h3-6,19H,2,7-12H2,1H3. The summed E-state index contributed by atoms with van der Waals surface area (Å²) in [7, 11) is 0. The molecule has 1 aromatic rings. The van der Waals surface area contributed by atoms with Gasteiger partial charge in [-0.25, -0.2) is 0 Å². The van der Waals surface area contributed by atoms with Gasteiger partial charge in [-0.05, 0) is 24.7 Å². The summed E-state index contributed by atoms with van der Waals surface area (Å²) in [6.45, 7) is 3.42. The van der Waals surface area contributed by atoms with E-state index in [1.807, 2.05) is 0 Å². The molecule has 1 aromatic carbocycles. The molecule has 0 atom stereocenters. The van der Waals surface area contributed by atoms with Gasteiger partial charge in [-0.3, -0.25) is 14.9 Å². The minimum absolute atomic E-state index is 0.00822. The zero-order chi connectivity index (χ0) is 16.2. The van der Waals surface area contributed by atoms with Crippen molar-refractivity contribution in [3.63, 3.8) is 0 Å². The predicted octanol–water partition coefficient (Wildman–Crippen LogP) is 2.15. The Labute approximate surface area is 129 Å². The normalized spacial score (nSPS) is 17.3. The number of nitro benzene ring substituents is 1. The third-order valence-electron chi connectivity index (χ3n) is 4.79. The summed E-state index contributed by atoms with van der Waals surface area (Å²) in [4.78, 5) is 24.7. The van der Waals surface area contributed by atoms with Gasteiger partial charge in [0.25, 0.3) is 5.69 Å². The highest BCUT2D eigenvalue weighted by Crippen LogP contribution is 2.34. The van der Waals surface area contributed by atoms with Crippen LogP contribution in [-0.2, 0) is 11.2 Å². The molecule has 0 bridgehead atoms. The second kappa shape index (κ2) is 6.87. The van der Waals surface area contributed by atoms with Crippen molar-refractivity contribution in [3.8, 4) is 0 Å². The fourth-order valence-corrected chi connectivity index (χ4v) is 2.97. The lowest BCUT2D eigenvalue weighted by Gasteiger charge is -2.40. The highest BCUT2D eigenvalue weighted by Gasteiger charge is 2.34. The van der Waals surface area contributed by atoms with E-state index in [2.05, 4.69) is 6.92 Å². The van der Waals surface area contributed by atoms with Gasteiger partial charge in [0.15, 0.2) is 0 Å². The van der Waals surface area contributed by atoms with Gasteiger partial charge >= 0.3 is 0 Å². The van der Waals surface area contributed by atoms with Crippen molar-refractivity contribution < 1.29 is 14.8 Å². The SMILES string of the molecule is CCC1(CO)CCN(C(=O)Cc2ccccc2[N+](=O)[O-])CC1. The Morgan fingerprint density at radius 3 is 2.55 bits per heavy atom. The Balaban J connectivity index is 2.01. The highest BCUT2D eigenvalue weighted by atomic mass is 16.6. The molecule has 1 aliphatic heterocycles. The third kappa shape index (κ3) is 3.44. The number of likely N-dealkylation sites (tertiary alicyclic amines) is 1. The minimum atomic E-state index is -0.452. The molecule has 6 nitrogen and oxygen atoms in total. The van der Waals surface area contributed by atoms with Crippen LogP contribution in [0.2, 0.25) is 0 Å². The Hall–Kier alpha value is -1.95. The Morgan fingerprint density at radius 2 is 2.00 bits per heavy atom. The van der Waals surface area contributed by atoms with Crippen molar-refractivity contribution in [2.24, 2.45) is 5.41 Å². The first-order valence-corrected chi connectivity index (χ1v) is 7.62. The number of aliphatic hydroxyl groups is 1. The number of hydrogen-bond acceptors (Lipinski definition) is 4. The van der Waals surface area contributed by atoms with Crippen LogP contribution in [0.5, 0.6) is 0 Å². The molecule has 1 fully saturated rings. The molecular weight excluding hydrogens is 284 g/mol. The van der Waals surface area contributed by atoms with Crippen LogP contribution in [-0.4, -0.2) is 40.5 Å². The van der Waals surface area contributed by atoms with Crippen molar-refractivity contribution in [3.05, 3.63) is 39.9 Å². The van der Waals surface area contributed by atoms with Crippen LogP contribution in [0.25, 0.3) is 0 Å². The first-order valence-electron chi connectivity index (χ1n) is 7.62. The molecule has 1 heterocycles. The van der Waals surface area contributed by atoms with Crippen molar-refractivity contribution >= 4 is 11.6 Å². The van der Waals surface area contributed by atoms with Gasteiger partial charge in [-0.1, -0.05) is 25.1 Å². The average molecular weight is 306 g/mol. The van der Waals surface area contributed by atoms with Crippen LogP contribution >= 0.6 is 0 Å². The van der Waals surface area contributed by atoms with Crippen LogP contribution in [0.15, 0.2) is 24.3 Å². The molecule has 1 saturated heterocycles. The number of carbonyl (C=O) groups excluding carboxylic acids is 1. The van der Waals surface area contributed by atoms with E-state index in [0.29, 0.717) is 18.7 Å². The molecule has 1 aliphatic rings. The van der Waals surface area contributed by atoms with Gasteiger partial charge in [0.1, 0.15) is 0 Å². The van der Waals surface area contributed by atoms with Crippen molar-refractivity contribution in [2.45, 2.75) is 32.6 Å². The number of aliphatic hydroxyl groups excluding tert-OH is 1. The molecule has 1 N–H and O–H groups in total. The molecule has 120 valence electrons. The zero-order valence-corrected chi connectivity index (χ0v) is 12.8. The van der Waals surface area contributed by atoms with Gasteiger partial charge < -0.3 is 10.0 Å². The van der Waals surface area contributed by atoms with E-state index in [9.17, 15) is 20.0 Å². The van der Waals surface area contributed by atoms with Crippen molar-refractivity contribution in [1.29, 1.82) is 0 Å². The lowest BCUT2D eigenvalue weighted by atomic mass is 9.77. The number of rotatable bonds is 5. The number of nitro groups is 1. The van der Waals surface area contributed by atoms with Gasteiger partial charge in [0.05, 0.1) is 11.3 Å². The number of piperidine rings is 1. The van der Waals surface area contributed by atoms with Gasteiger partial charge in [0, 0.05) is 31.3 Å². The molecule has 0 saturated carbocycles. The monoisotopic (exact) mass is 306 g/mol. The number of nitrogens with zero attached hydrogens (tertiary/aromatic N) is 2. The van der Waals surface area contributed by atoms with E-state index >= 15 is 0 Å². The molecule has 0 radical (unpaired) electrons. The van der Waals surface area contributed by atoms with Crippen LogP contribution in [0, 0.1) is 15.5 Å². The third-order valence-corrected chi connectivity index (χ3v) is 4.79. The number of benzene rings is 1. The minimum Gasteiger partial charge on any atom is -0.396 e. The van der Waals surface area contributed by atoms with E-state index in [0.717, 1.165) is 19.3 Å². The Bertz CT molecular complexity index is 545. The average Bonchev–Trinajstić information content (AvgIpc) is 2.55. The Morgan fingerprint density at radius 1 is 1.36 bits per heavy atom. The van der Waals surface area contributed by atoms with Gasteiger partial charge in [0.2, 0.25) is 5.91 Å². The van der Waals surface area contributed by atoms with Crippen LogP contribution < -0.4 is 0 Å². The number of hydrogen-bond donors (Lipinski definition) is 1. The van der Waals surface area contributed by atoms with E-state index in [-0.39, 0.29) is 30.0 Å². The summed E-state index contributed by atoms with van der Waals surface area (Å²) in [6, 6.07) is 6.36. The quantitative estimate of drug-likeness (QED) is 0.667. The maximum Gasteiger partial charge on any atom is 0.273 e. The highest BCUT2D eigenvalue weighted by molar-refractivity contribution is 5.80. The predicted molar refractivity (Wildman–Crippen MR) is 82.4 cm³/mol. The lowest BCUT2D eigenvalue weighted by molar-refractivity contribution is -0.385. The summed E-state index contributed by atoms with van der Waals surface area (Å²) < 4.78 is 0. The summed E-state index contributed by atoms with van der Waals surface area (Å²) >= 11 is 0. The van der Waals surface area contributed by atoms with Crippen LogP contribution in [0.3, 0.4) is 0 Å². The van der Waals surface area contributed by atoms with E-state index < -0.39 is 4.92 Å². The topological polar surface area (TPSA) is 83.7 Å². The molecule has 0 aliphatic carbocycles. The van der Waals surface area contributed by atoms with Crippen LogP contribution in [0.1, 0.15) is 31.7 Å². The molecule has 6 heteroatoms. The Kier molecular flexibility index (Phi) is 5.13. The first-order chi connectivity index (χ1) is 10.5. The largest absolute Gasteiger partial charge is 0.396 e. The van der Waals surface area contributed by atoms with Crippen molar-refractivity contribution in [1.82, 2.24) is 4.90 Å². The maximum absolute atomic E-state index is 12.4. The lowest BCUT2D eigenvalue weighted by Crippen LogP contribution is -2.45. The van der Waals surface area contributed by atoms with E-state index in [1.165, 1.54) is 6.07 Å². The summed E-state index contributed by atoms with van der Waals surface area (Å²) in [5.41, 5.74) is 0.369. The number of para-hydroxylation sites is 1. The number of carbonyl (C=O) groups is 1. The molecule has 0 unspecified atom stereocenters.